The van der Waals surface area contributed by atoms with Crippen molar-refractivity contribution in [2.45, 2.75) is 315 Å². The lowest BCUT2D eigenvalue weighted by molar-refractivity contribution is -0.161. The lowest BCUT2D eigenvalue weighted by Crippen LogP contribution is -2.28. The van der Waals surface area contributed by atoms with Gasteiger partial charge in [0.1, 0.15) is 6.61 Å². The molecule has 0 aliphatic heterocycles. The van der Waals surface area contributed by atoms with Gasteiger partial charge in [0.05, 0.1) is 6.61 Å². The van der Waals surface area contributed by atoms with Gasteiger partial charge in [-0.3, -0.25) is 9.59 Å². The zero-order chi connectivity index (χ0) is 52.0. The Morgan fingerprint density at radius 3 is 0.903 bits per heavy atom. The fourth-order valence-electron chi connectivity index (χ4n) is 9.03. The van der Waals surface area contributed by atoms with Crippen LogP contribution in [0.4, 0.5) is 0 Å². The SMILES string of the molecule is CC/C=C\C/C=C\C/C=C\C/C=C\C/C=C\CCCCCCCCCCCCCCCC(=O)OC(CO)COC(=O)CCCCCCCCCCCCCCCCCCC/C=C\C/C=C\CCCCCCC. The first kappa shape index (κ1) is 69.1. The summed E-state index contributed by atoms with van der Waals surface area (Å²) in [5.74, 6) is -0.582. The maximum absolute atomic E-state index is 12.3. The second kappa shape index (κ2) is 62.4. The zero-order valence-corrected chi connectivity index (χ0v) is 47.7. The van der Waals surface area contributed by atoms with E-state index in [-0.39, 0.29) is 25.2 Å². The first-order chi connectivity index (χ1) is 35.6. The van der Waals surface area contributed by atoms with Gasteiger partial charge in [0.25, 0.3) is 0 Å². The minimum atomic E-state index is -0.777. The first-order valence-corrected chi connectivity index (χ1v) is 31.1. The highest BCUT2D eigenvalue weighted by Crippen LogP contribution is 2.17. The predicted molar refractivity (Wildman–Crippen MR) is 316 cm³/mol. The summed E-state index contributed by atoms with van der Waals surface area (Å²) < 4.78 is 10.7. The molecule has 0 aromatic carbocycles. The van der Waals surface area contributed by atoms with Crippen LogP contribution in [-0.2, 0) is 19.1 Å². The van der Waals surface area contributed by atoms with E-state index in [4.69, 9.17) is 9.47 Å². The van der Waals surface area contributed by atoms with E-state index < -0.39 is 6.10 Å². The number of hydrogen-bond donors (Lipinski definition) is 1. The molecule has 0 amide bonds. The van der Waals surface area contributed by atoms with Gasteiger partial charge in [0.2, 0.25) is 0 Å². The van der Waals surface area contributed by atoms with E-state index in [9.17, 15) is 14.7 Å². The van der Waals surface area contributed by atoms with Crippen LogP contribution in [-0.4, -0.2) is 36.4 Å². The van der Waals surface area contributed by atoms with Crippen molar-refractivity contribution in [2.75, 3.05) is 13.2 Å². The molecular weight excluding hydrogens is 885 g/mol. The van der Waals surface area contributed by atoms with Crippen molar-refractivity contribution in [1.29, 1.82) is 0 Å². The van der Waals surface area contributed by atoms with E-state index >= 15 is 0 Å². The molecule has 0 bridgehead atoms. The highest BCUT2D eigenvalue weighted by Gasteiger charge is 2.16. The van der Waals surface area contributed by atoms with E-state index in [0.717, 1.165) is 77.0 Å². The van der Waals surface area contributed by atoms with E-state index in [1.807, 2.05) is 0 Å². The van der Waals surface area contributed by atoms with Crippen LogP contribution < -0.4 is 0 Å². The van der Waals surface area contributed by atoms with Gasteiger partial charge >= 0.3 is 11.9 Å². The van der Waals surface area contributed by atoms with Gasteiger partial charge < -0.3 is 14.6 Å². The summed E-state index contributed by atoms with van der Waals surface area (Å²) in [4.78, 5) is 24.6. The number of carbonyl (C=O) groups excluding carboxylic acids is 2. The summed E-state index contributed by atoms with van der Waals surface area (Å²) in [6, 6.07) is 0. The van der Waals surface area contributed by atoms with E-state index in [1.165, 1.54) is 205 Å². The molecule has 416 valence electrons. The van der Waals surface area contributed by atoms with Crippen LogP contribution in [0.1, 0.15) is 309 Å². The Bertz CT molecular complexity index is 1320. The molecule has 0 radical (unpaired) electrons. The molecule has 0 heterocycles. The van der Waals surface area contributed by atoms with Crippen LogP contribution in [0.15, 0.2) is 85.1 Å². The fraction of sp³-hybridized carbons (Fsp3) is 0.761. The Kier molecular flexibility index (Phi) is 59.8. The summed E-state index contributed by atoms with van der Waals surface area (Å²) in [5, 5.41) is 9.68. The zero-order valence-electron chi connectivity index (χ0n) is 47.7. The topological polar surface area (TPSA) is 72.8 Å². The van der Waals surface area contributed by atoms with Gasteiger partial charge in [-0.05, 0) is 89.9 Å². The number of aliphatic hydroxyl groups excluding tert-OH is 1. The number of ether oxygens (including phenoxy) is 2. The Labute approximate surface area is 447 Å². The normalized spacial score (nSPS) is 12.8. The van der Waals surface area contributed by atoms with Crippen LogP contribution >= 0.6 is 0 Å². The lowest BCUT2D eigenvalue weighted by atomic mass is 10.0. The molecule has 0 saturated heterocycles. The number of unbranched alkanes of at least 4 members (excludes halogenated alkanes) is 35. The number of allylic oxidation sites excluding steroid dienone is 14. The van der Waals surface area contributed by atoms with Crippen molar-refractivity contribution in [3.8, 4) is 0 Å². The molecule has 5 heteroatoms. The molecule has 0 aromatic heterocycles. The molecule has 5 nitrogen and oxygen atoms in total. The third-order valence-corrected chi connectivity index (χ3v) is 13.7. The third kappa shape index (κ3) is 59.6. The Morgan fingerprint density at radius 1 is 0.333 bits per heavy atom. The van der Waals surface area contributed by atoms with Crippen molar-refractivity contribution >= 4 is 11.9 Å². The molecule has 0 fully saturated rings. The molecule has 1 atom stereocenters. The Balaban J connectivity index is 3.46. The largest absolute Gasteiger partial charge is 0.462 e. The van der Waals surface area contributed by atoms with Crippen LogP contribution in [0.3, 0.4) is 0 Å². The number of rotatable bonds is 57. The Morgan fingerprint density at radius 2 is 0.597 bits per heavy atom. The summed E-state index contributed by atoms with van der Waals surface area (Å²) in [7, 11) is 0. The average molecular weight is 1000 g/mol. The molecule has 0 spiro atoms. The van der Waals surface area contributed by atoms with Gasteiger partial charge in [-0.25, -0.2) is 0 Å². The number of hydrogen-bond acceptors (Lipinski definition) is 5. The molecule has 0 aliphatic carbocycles. The number of esters is 2. The third-order valence-electron chi connectivity index (χ3n) is 13.7. The number of aliphatic hydroxyl groups is 1. The second-order valence-electron chi connectivity index (χ2n) is 20.8. The molecule has 1 N–H and O–H groups in total. The van der Waals surface area contributed by atoms with Crippen LogP contribution in [0.25, 0.3) is 0 Å². The van der Waals surface area contributed by atoms with E-state index in [1.54, 1.807) is 0 Å². The summed E-state index contributed by atoms with van der Waals surface area (Å²) in [6.07, 6.45) is 87.2. The minimum Gasteiger partial charge on any atom is -0.462 e. The molecular formula is C67H118O5. The van der Waals surface area contributed by atoms with Crippen LogP contribution in [0.5, 0.6) is 0 Å². The average Bonchev–Trinajstić information content (AvgIpc) is 3.38. The quantitative estimate of drug-likeness (QED) is 0.0373. The second-order valence-corrected chi connectivity index (χ2v) is 20.8. The Hall–Kier alpha value is -2.92. The molecule has 0 aromatic rings. The fourth-order valence-corrected chi connectivity index (χ4v) is 9.03. The van der Waals surface area contributed by atoms with Gasteiger partial charge in [-0.2, -0.15) is 0 Å². The first-order valence-electron chi connectivity index (χ1n) is 31.1. The predicted octanol–water partition coefficient (Wildman–Crippen LogP) is 21.3. The maximum atomic E-state index is 12.3. The van der Waals surface area contributed by atoms with Crippen LogP contribution in [0, 0.1) is 0 Å². The van der Waals surface area contributed by atoms with E-state index in [0.29, 0.717) is 12.8 Å². The van der Waals surface area contributed by atoms with Gasteiger partial charge in [-0.1, -0.05) is 292 Å². The van der Waals surface area contributed by atoms with Crippen molar-refractivity contribution < 1.29 is 24.2 Å². The molecule has 72 heavy (non-hydrogen) atoms. The lowest BCUT2D eigenvalue weighted by Gasteiger charge is -2.15. The highest BCUT2D eigenvalue weighted by molar-refractivity contribution is 5.70. The molecule has 0 saturated carbocycles. The smallest absolute Gasteiger partial charge is 0.306 e. The van der Waals surface area contributed by atoms with Gasteiger partial charge in [-0.15, -0.1) is 0 Å². The maximum Gasteiger partial charge on any atom is 0.306 e. The van der Waals surface area contributed by atoms with Crippen molar-refractivity contribution in [3.05, 3.63) is 85.1 Å². The van der Waals surface area contributed by atoms with E-state index in [2.05, 4.69) is 98.9 Å². The molecule has 1 unspecified atom stereocenters. The molecule has 0 rings (SSSR count). The minimum absolute atomic E-state index is 0.0663. The van der Waals surface area contributed by atoms with Gasteiger partial charge in [0, 0.05) is 12.8 Å². The number of carbonyl (C=O) groups is 2. The molecule has 0 aliphatic rings. The van der Waals surface area contributed by atoms with Crippen molar-refractivity contribution in [3.63, 3.8) is 0 Å². The van der Waals surface area contributed by atoms with Gasteiger partial charge in [0.15, 0.2) is 6.10 Å². The standard InChI is InChI=1S/C67H118O5/c1-3-5-7-9-11-13-15-17-19-21-23-25-27-29-31-33-35-37-39-41-43-45-47-49-51-53-55-57-59-61-66(69)71-64-65(63-68)72-67(70)62-60-58-56-54-52-50-48-46-44-42-40-38-36-34-32-30-28-26-24-22-20-18-16-14-12-10-8-6-4-2/h6,8,12,14-15,17-18,20-21,23-24,26,30,32,65,68H,3-5,7,9-11,13,16,19,22,25,27-29,31,33-64H2,1-2H3/b8-6-,14-12-,17-15-,20-18-,23-21-,26-24-,32-30-. The van der Waals surface area contributed by atoms with Crippen molar-refractivity contribution in [1.82, 2.24) is 0 Å². The monoisotopic (exact) mass is 1000 g/mol. The summed E-state index contributed by atoms with van der Waals surface area (Å²) in [6.45, 7) is 4.05. The van der Waals surface area contributed by atoms with Crippen LogP contribution in [0.2, 0.25) is 0 Å². The highest BCUT2D eigenvalue weighted by atomic mass is 16.6. The summed E-state index contributed by atoms with van der Waals surface area (Å²) in [5.41, 5.74) is 0. The van der Waals surface area contributed by atoms with Crippen molar-refractivity contribution in [2.24, 2.45) is 0 Å². The summed E-state index contributed by atoms with van der Waals surface area (Å²) >= 11 is 0.